The van der Waals surface area contributed by atoms with Gasteiger partial charge in [-0.25, -0.2) is 4.99 Å². The summed E-state index contributed by atoms with van der Waals surface area (Å²) >= 11 is 1.59. The molecule has 0 spiro atoms. The molecule has 5 nitrogen and oxygen atoms in total. The number of guanidine groups is 1. The van der Waals surface area contributed by atoms with Crippen molar-refractivity contribution in [3.63, 3.8) is 0 Å². The van der Waals surface area contributed by atoms with E-state index in [-0.39, 0.29) is 5.41 Å². The highest BCUT2D eigenvalue weighted by molar-refractivity contribution is 7.08. The fourth-order valence-corrected chi connectivity index (χ4v) is 4.96. The van der Waals surface area contributed by atoms with Crippen LogP contribution in [0.25, 0.3) is 0 Å². The third kappa shape index (κ3) is 3.71. The summed E-state index contributed by atoms with van der Waals surface area (Å²) in [5.41, 5.74) is 0.0623. The largest absolute Gasteiger partial charge is 0.383 e. The second kappa shape index (κ2) is 7.25. The first-order valence-electron chi connectivity index (χ1n) is 9.28. The van der Waals surface area contributed by atoms with E-state index in [0.717, 1.165) is 31.1 Å². The van der Waals surface area contributed by atoms with Gasteiger partial charge in [-0.1, -0.05) is 13.8 Å². The molecule has 1 saturated carbocycles. The van der Waals surface area contributed by atoms with E-state index in [9.17, 15) is 5.11 Å². The standard InChI is InChI=1S/C19H31N3O2S/c1-5-20-17(21-12-19(4,23)13-8-10-25-11-13)22-15-14-7-6-9-24-16(14)18(15,2)3/h8,10-11,14-16,23H,5-7,9,12H2,1-4H3,(H2,20,21,22). The SMILES string of the molecule is CCNC(=NCC(C)(O)c1ccsc1)NC1C2CCCOC2C1(C)C. The van der Waals surface area contributed by atoms with Gasteiger partial charge in [-0.2, -0.15) is 11.3 Å². The topological polar surface area (TPSA) is 65.9 Å². The zero-order valence-corrected chi connectivity index (χ0v) is 16.5. The van der Waals surface area contributed by atoms with Gasteiger partial charge in [0.15, 0.2) is 5.96 Å². The van der Waals surface area contributed by atoms with Gasteiger partial charge >= 0.3 is 0 Å². The molecule has 2 aliphatic rings. The summed E-state index contributed by atoms with van der Waals surface area (Å²) in [6.45, 7) is 10.4. The molecular formula is C19H31N3O2S. The number of hydrogen-bond acceptors (Lipinski definition) is 4. The van der Waals surface area contributed by atoms with Crippen LogP contribution >= 0.6 is 11.3 Å². The Labute approximate surface area is 154 Å². The third-order valence-corrected chi connectivity index (χ3v) is 6.34. The van der Waals surface area contributed by atoms with Gasteiger partial charge in [-0.05, 0) is 49.1 Å². The number of hydrogen-bond donors (Lipinski definition) is 3. The average molecular weight is 366 g/mol. The molecule has 4 unspecified atom stereocenters. The van der Waals surface area contributed by atoms with E-state index in [4.69, 9.17) is 4.74 Å². The molecule has 25 heavy (non-hydrogen) atoms. The maximum Gasteiger partial charge on any atom is 0.191 e. The van der Waals surface area contributed by atoms with E-state index in [1.165, 1.54) is 6.42 Å². The number of rotatable bonds is 5. The zero-order valence-electron chi connectivity index (χ0n) is 15.7. The quantitative estimate of drug-likeness (QED) is 0.554. The molecule has 1 aliphatic heterocycles. The second-order valence-electron chi connectivity index (χ2n) is 8.02. The van der Waals surface area contributed by atoms with Gasteiger partial charge in [0.1, 0.15) is 5.60 Å². The highest BCUT2D eigenvalue weighted by Crippen LogP contribution is 2.51. The summed E-state index contributed by atoms with van der Waals surface area (Å²) in [4.78, 5) is 4.67. The van der Waals surface area contributed by atoms with Crippen molar-refractivity contribution in [2.45, 2.75) is 58.3 Å². The zero-order chi connectivity index (χ0) is 18.1. The Bertz CT molecular complexity index is 598. The lowest BCUT2D eigenvalue weighted by Gasteiger charge is -2.60. The fraction of sp³-hybridized carbons (Fsp3) is 0.737. The molecule has 2 fully saturated rings. The first kappa shape index (κ1) is 18.7. The number of nitrogens with one attached hydrogen (secondary N) is 2. The fourth-order valence-electron chi connectivity index (χ4n) is 4.18. The molecule has 140 valence electrons. The van der Waals surface area contributed by atoms with Crippen molar-refractivity contribution in [1.82, 2.24) is 10.6 Å². The molecule has 0 radical (unpaired) electrons. The van der Waals surface area contributed by atoms with E-state index < -0.39 is 5.60 Å². The van der Waals surface area contributed by atoms with Crippen LogP contribution in [0.15, 0.2) is 21.8 Å². The molecule has 1 aromatic heterocycles. The molecule has 2 heterocycles. The molecule has 3 N–H and O–H groups in total. The summed E-state index contributed by atoms with van der Waals surface area (Å²) in [5, 5.41) is 21.6. The molecule has 1 saturated heterocycles. The minimum atomic E-state index is -0.950. The van der Waals surface area contributed by atoms with Crippen molar-refractivity contribution < 1.29 is 9.84 Å². The number of thiophene rings is 1. The van der Waals surface area contributed by atoms with Crippen molar-refractivity contribution >= 4 is 17.3 Å². The van der Waals surface area contributed by atoms with Crippen molar-refractivity contribution in [2.75, 3.05) is 19.7 Å². The molecule has 6 heteroatoms. The van der Waals surface area contributed by atoms with Gasteiger partial charge in [0.2, 0.25) is 0 Å². The highest BCUT2D eigenvalue weighted by Gasteiger charge is 2.58. The van der Waals surface area contributed by atoms with E-state index in [1.54, 1.807) is 11.3 Å². The highest BCUT2D eigenvalue weighted by atomic mass is 32.1. The molecule has 1 aliphatic carbocycles. The summed E-state index contributed by atoms with van der Waals surface area (Å²) in [7, 11) is 0. The Balaban J connectivity index is 1.69. The maximum absolute atomic E-state index is 10.7. The Morgan fingerprint density at radius 1 is 1.52 bits per heavy atom. The molecular weight excluding hydrogens is 334 g/mol. The maximum atomic E-state index is 10.7. The second-order valence-corrected chi connectivity index (χ2v) is 8.80. The Morgan fingerprint density at radius 3 is 3.00 bits per heavy atom. The van der Waals surface area contributed by atoms with Crippen molar-refractivity contribution in [1.29, 1.82) is 0 Å². The molecule has 1 aromatic rings. The van der Waals surface area contributed by atoms with Gasteiger partial charge in [0.25, 0.3) is 0 Å². The van der Waals surface area contributed by atoms with Gasteiger partial charge < -0.3 is 20.5 Å². The van der Waals surface area contributed by atoms with Gasteiger partial charge in [0, 0.05) is 30.5 Å². The Kier molecular flexibility index (Phi) is 5.42. The van der Waals surface area contributed by atoms with Crippen molar-refractivity contribution in [3.8, 4) is 0 Å². The lowest BCUT2D eigenvalue weighted by Crippen LogP contribution is -2.71. The molecule has 4 atom stereocenters. The molecule has 0 amide bonds. The number of fused-ring (bicyclic) bond motifs is 1. The number of nitrogens with zero attached hydrogens (tertiary/aromatic N) is 1. The number of aliphatic imine (C=N–C) groups is 1. The van der Waals surface area contributed by atoms with Crippen LogP contribution in [-0.4, -0.2) is 42.9 Å². The summed E-state index contributed by atoms with van der Waals surface area (Å²) < 4.78 is 5.99. The summed E-state index contributed by atoms with van der Waals surface area (Å²) in [5.74, 6) is 1.32. The molecule has 0 bridgehead atoms. The van der Waals surface area contributed by atoms with E-state index >= 15 is 0 Å². The number of aliphatic hydroxyl groups is 1. The Morgan fingerprint density at radius 2 is 2.32 bits per heavy atom. The van der Waals surface area contributed by atoms with Gasteiger partial charge in [-0.15, -0.1) is 0 Å². The normalized spacial score (nSPS) is 30.8. The van der Waals surface area contributed by atoms with Crippen molar-refractivity contribution in [2.24, 2.45) is 16.3 Å². The van der Waals surface area contributed by atoms with Gasteiger partial charge in [0.05, 0.1) is 12.6 Å². The van der Waals surface area contributed by atoms with Crippen molar-refractivity contribution in [3.05, 3.63) is 22.4 Å². The van der Waals surface area contributed by atoms with E-state index in [0.29, 0.717) is 24.6 Å². The Hall–Kier alpha value is -1.11. The first-order chi connectivity index (χ1) is 11.9. The smallest absolute Gasteiger partial charge is 0.191 e. The lowest BCUT2D eigenvalue weighted by molar-refractivity contribution is -0.188. The van der Waals surface area contributed by atoms with Crippen LogP contribution in [0, 0.1) is 11.3 Å². The predicted molar refractivity (Wildman–Crippen MR) is 103 cm³/mol. The van der Waals surface area contributed by atoms with E-state index in [2.05, 4.69) is 36.4 Å². The van der Waals surface area contributed by atoms with Crippen LogP contribution in [0.1, 0.15) is 46.1 Å². The lowest BCUT2D eigenvalue weighted by atomic mass is 9.55. The minimum Gasteiger partial charge on any atom is -0.383 e. The average Bonchev–Trinajstić information content (AvgIpc) is 3.13. The van der Waals surface area contributed by atoms with Crippen LogP contribution in [0.2, 0.25) is 0 Å². The summed E-state index contributed by atoms with van der Waals surface area (Å²) in [6.07, 6.45) is 2.68. The van der Waals surface area contributed by atoms with Crippen LogP contribution in [-0.2, 0) is 10.3 Å². The van der Waals surface area contributed by atoms with E-state index in [1.807, 2.05) is 23.8 Å². The predicted octanol–water partition coefficient (Wildman–Crippen LogP) is 2.71. The molecule has 0 aromatic carbocycles. The van der Waals surface area contributed by atoms with Crippen LogP contribution in [0.4, 0.5) is 0 Å². The molecule has 3 rings (SSSR count). The summed E-state index contributed by atoms with van der Waals surface area (Å²) in [6, 6.07) is 2.31. The minimum absolute atomic E-state index is 0.0944. The van der Waals surface area contributed by atoms with Crippen LogP contribution in [0.3, 0.4) is 0 Å². The van der Waals surface area contributed by atoms with Crippen LogP contribution < -0.4 is 10.6 Å². The van der Waals surface area contributed by atoms with Gasteiger partial charge in [-0.3, -0.25) is 0 Å². The third-order valence-electron chi connectivity index (χ3n) is 5.66. The van der Waals surface area contributed by atoms with Crippen LogP contribution in [0.5, 0.6) is 0 Å². The monoisotopic (exact) mass is 365 g/mol. The first-order valence-corrected chi connectivity index (χ1v) is 10.2. The number of ether oxygens (including phenoxy) is 1.